The van der Waals surface area contributed by atoms with Gasteiger partial charge in [0.25, 0.3) is 5.91 Å². The van der Waals surface area contributed by atoms with Gasteiger partial charge in [0.1, 0.15) is 0 Å². The van der Waals surface area contributed by atoms with E-state index in [9.17, 15) is 9.59 Å². The van der Waals surface area contributed by atoms with E-state index in [-0.39, 0.29) is 30.1 Å². The number of amides is 2. The van der Waals surface area contributed by atoms with Crippen molar-refractivity contribution in [1.29, 1.82) is 0 Å². The highest BCUT2D eigenvalue weighted by Gasteiger charge is 2.14. The minimum atomic E-state index is -0.00771. The number of likely N-dealkylation sites (N-methyl/N-ethyl adjacent to an activating group) is 2. The van der Waals surface area contributed by atoms with Gasteiger partial charge >= 0.3 is 0 Å². The number of rotatable bonds is 7. The summed E-state index contributed by atoms with van der Waals surface area (Å²) in [5.41, 5.74) is 1.69. The van der Waals surface area contributed by atoms with Crippen LogP contribution in [0.4, 0.5) is 0 Å². The number of hydrogen-bond acceptors (Lipinski definition) is 3. The van der Waals surface area contributed by atoms with Crippen LogP contribution in [-0.4, -0.2) is 55.8 Å². The Morgan fingerprint density at radius 3 is 2.13 bits per heavy atom. The lowest BCUT2D eigenvalue weighted by atomic mass is 10.1. The molecule has 5 nitrogen and oxygen atoms in total. The van der Waals surface area contributed by atoms with Crippen LogP contribution in [0.25, 0.3) is 0 Å². The van der Waals surface area contributed by atoms with Gasteiger partial charge in [-0.3, -0.25) is 9.59 Å². The van der Waals surface area contributed by atoms with Gasteiger partial charge in [0.05, 0.1) is 0 Å². The Morgan fingerprint density at radius 1 is 1.09 bits per heavy atom. The van der Waals surface area contributed by atoms with Crippen molar-refractivity contribution in [2.45, 2.75) is 20.4 Å². The third kappa shape index (κ3) is 6.59. The van der Waals surface area contributed by atoms with Gasteiger partial charge in [-0.1, -0.05) is 26.0 Å². The smallest absolute Gasteiger partial charge is 0.253 e. The number of carbonyl (C=O) groups is 2. The molecule has 0 atom stereocenters. The van der Waals surface area contributed by atoms with Crippen LogP contribution >= 0.6 is 12.4 Å². The number of halogens is 1. The number of carbonyl (C=O) groups excluding carboxylic acids is 2. The molecule has 1 aromatic carbocycles. The molecule has 0 unspecified atom stereocenters. The molecule has 0 aliphatic rings. The molecule has 0 aliphatic carbocycles. The van der Waals surface area contributed by atoms with Crippen LogP contribution in [0, 0.1) is 5.92 Å². The molecular formula is C17H28ClN3O2. The zero-order chi connectivity index (χ0) is 16.7. The third-order valence-electron chi connectivity index (χ3n) is 3.53. The number of hydrogen-bond donors (Lipinski definition) is 1. The van der Waals surface area contributed by atoms with Crippen LogP contribution in [0.3, 0.4) is 0 Å². The minimum absolute atomic E-state index is 0. The molecule has 2 amide bonds. The van der Waals surface area contributed by atoms with Gasteiger partial charge in [0.2, 0.25) is 5.91 Å². The van der Waals surface area contributed by atoms with E-state index in [0.717, 1.165) is 12.1 Å². The maximum absolute atomic E-state index is 12.2. The van der Waals surface area contributed by atoms with E-state index < -0.39 is 0 Å². The molecule has 130 valence electrons. The SMILES string of the molecule is CNCCN(C)C(=O)c1ccc(CN(C)C(=O)C(C)C)cc1.Cl. The van der Waals surface area contributed by atoms with Gasteiger partial charge in [0, 0.05) is 45.2 Å². The van der Waals surface area contributed by atoms with Crippen LogP contribution in [0.2, 0.25) is 0 Å². The molecule has 6 heteroatoms. The first-order valence-corrected chi connectivity index (χ1v) is 7.60. The van der Waals surface area contributed by atoms with E-state index in [0.29, 0.717) is 18.7 Å². The number of nitrogens with zero attached hydrogens (tertiary/aromatic N) is 2. The predicted molar refractivity (Wildman–Crippen MR) is 95.9 cm³/mol. The van der Waals surface area contributed by atoms with E-state index in [1.165, 1.54) is 0 Å². The normalized spacial score (nSPS) is 10.2. The van der Waals surface area contributed by atoms with Gasteiger partial charge in [-0.25, -0.2) is 0 Å². The molecule has 0 aliphatic heterocycles. The topological polar surface area (TPSA) is 52.7 Å². The van der Waals surface area contributed by atoms with Crippen molar-refractivity contribution in [2.24, 2.45) is 5.92 Å². The molecule has 0 aromatic heterocycles. The molecule has 1 rings (SSSR count). The first-order valence-electron chi connectivity index (χ1n) is 7.60. The van der Waals surface area contributed by atoms with Gasteiger partial charge in [0.15, 0.2) is 0 Å². The molecule has 1 aromatic rings. The van der Waals surface area contributed by atoms with Crippen molar-refractivity contribution in [3.8, 4) is 0 Å². The Morgan fingerprint density at radius 2 is 1.65 bits per heavy atom. The summed E-state index contributed by atoms with van der Waals surface area (Å²) in [6.45, 7) is 5.77. The fraction of sp³-hybridized carbons (Fsp3) is 0.529. The minimum Gasteiger partial charge on any atom is -0.341 e. The molecule has 0 heterocycles. The fourth-order valence-corrected chi connectivity index (χ4v) is 2.15. The van der Waals surface area contributed by atoms with Crippen LogP contribution in [-0.2, 0) is 11.3 Å². The van der Waals surface area contributed by atoms with Crippen LogP contribution in [0.5, 0.6) is 0 Å². The summed E-state index contributed by atoms with van der Waals surface area (Å²) in [6, 6.07) is 7.45. The molecule has 0 saturated carbocycles. The monoisotopic (exact) mass is 341 g/mol. The Kier molecular flexibility index (Phi) is 9.53. The highest BCUT2D eigenvalue weighted by molar-refractivity contribution is 5.94. The lowest BCUT2D eigenvalue weighted by molar-refractivity contribution is -0.133. The first kappa shape index (κ1) is 21.4. The molecule has 0 saturated heterocycles. The molecule has 0 bridgehead atoms. The first-order chi connectivity index (χ1) is 10.4. The molecular weight excluding hydrogens is 314 g/mol. The van der Waals surface area contributed by atoms with Gasteiger partial charge in [-0.05, 0) is 24.7 Å². The zero-order valence-corrected chi connectivity index (χ0v) is 15.4. The van der Waals surface area contributed by atoms with E-state index in [2.05, 4.69) is 5.32 Å². The Balaban J connectivity index is 0.00000484. The number of nitrogens with one attached hydrogen (secondary N) is 1. The van der Waals surface area contributed by atoms with Crippen LogP contribution in [0.15, 0.2) is 24.3 Å². The van der Waals surface area contributed by atoms with Gasteiger partial charge in [-0.15, -0.1) is 12.4 Å². The van der Waals surface area contributed by atoms with Crippen molar-refractivity contribution < 1.29 is 9.59 Å². The third-order valence-corrected chi connectivity index (χ3v) is 3.53. The van der Waals surface area contributed by atoms with E-state index >= 15 is 0 Å². The molecule has 0 radical (unpaired) electrons. The quantitative estimate of drug-likeness (QED) is 0.825. The average molecular weight is 342 g/mol. The molecule has 0 spiro atoms. The zero-order valence-electron chi connectivity index (χ0n) is 14.6. The maximum Gasteiger partial charge on any atom is 0.253 e. The largest absolute Gasteiger partial charge is 0.341 e. The highest BCUT2D eigenvalue weighted by atomic mass is 35.5. The van der Waals surface area contributed by atoms with E-state index in [1.807, 2.05) is 45.2 Å². The second kappa shape index (κ2) is 10.2. The lowest BCUT2D eigenvalue weighted by Gasteiger charge is -2.20. The average Bonchev–Trinajstić information content (AvgIpc) is 2.51. The summed E-state index contributed by atoms with van der Waals surface area (Å²) < 4.78 is 0. The standard InChI is InChI=1S/C17H27N3O2.ClH/c1-13(2)16(21)20(5)12-14-6-8-15(9-7-14)17(22)19(4)11-10-18-3;/h6-9,13,18H,10-12H2,1-5H3;1H. The molecule has 0 fully saturated rings. The van der Waals surface area contributed by atoms with Crippen LogP contribution < -0.4 is 5.32 Å². The number of benzene rings is 1. The maximum atomic E-state index is 12.2. The highest BCUT2D eigenvalue weighted by Crippen LogP contribution is 2.10. The van der Waals surface area contributed by atoms with Gasteiger partial charge in [-0.2, -0.15) is 0 Å². The summed E-state index contributed by atoms with van der Waals surface area (Å²) in [7, 11) is 5.46. The summed E-state index contributed by atoms with van der Waals surface area (Å²) in [5.74, 6) is 0.118. The Hall–Kier alpha value is -1.59. The predicted octanol–water partition coefficient (Wildman–Crippen LogP) is 2.01. The molecule has 1 N–H and O–H groups in total. The summed E-state index contributed by atoms with van der Waals surface area (Å²) >= 11 is 0. The summed E-state index contributed by atoms with van der Waals surface area (Å²) in [4.78, 5) is 27.5. The van der Waals surface area contributed by atoms with Crippen molar-refractivity contribution >= 4 is 24.2 Å². The second-order valence-corrected chi connectivity index (χ2v) is 5.88. The van der Waals surface area contributed by atoms with Crippen molar-refractivity contribution in [3.63, 3.8) is 0 Å². The van der Waals surface area contributed by atoms with E-state index in [4.69, 9.17) is 0 Å². The molecule has 23 heavy (non-hydrogen) atoms. The lowest BCUT2D eigenvalue weighted by Crippen LogP contribution is -2.32. The van der Waals surface area contributed by atoms with Crippen molar-refractivity contribution in [2.75, 3.05) is 34.2 Å². The summed E-state index contributed by atoms with van der Waals surface area (Å²) in [5, 5.41) is 3.02. The van der Waals surface area contributed by atoms with Crippen molar-refractivity contribution in [1.82, 2.24) is 15.1 Å². The van der Waals surface area contributed by atoms with Crippen LogP contribution in [0.1, 0.15) is 29.8 Å². The second-order valence-electron chi connectivity index (χ2n) is 5.88. The Labute approximate surface area is 145 Å². The van der Waals surface area contributed by atoms with Crippen molar-refractivity contribution in [3.05, 3.63) is 35.4 Å². The van der Waals surface area contributed by atoms with Gasteiger partial charge < -0.3 is 15.1 Å². The van der Waals surface area contributed by atoms with E-state index in [1.54, 1.807) is 23.9 Å². The Bertz CT molecular complexity index is 503. The summed E-state index contributed by atoms with van der Waals surface area (Å²) in [6.07, 6.45) is 0. The fourth-order valence-electron chi connectivity index (χ4n) is 2.15.